The van der Waals surface area contributed by atoms with Crippen molar-refractivity contribution < 1.29 is 14.3 Å². The van der Waals surface area contributed by atoms with E-state index in [-0.39, 0.29) is 18.4 Å². The fourth-order valence-electron chi connectivity index (χ4n) is 3.22. The molecule has 0 bridgehead atoms. The van der Waals surface area contributed by atoms with Crippen LogP contribution in [0.15, 0.2) is 42.5 Å². The van der Waals surface area contributed by atoms with E-state index in [2.05, 4.69) is 16.2 Å². The summed E-state index contributed by atoms with van der Waals surface area (Å²) in [5.41, 5.74) is 2.64. The monoisotopic (exact) mass is 377 g/mol. The van der Waals surface area contributed by atoms with Gasteiger partial charge in [0.15, 0.2) is 11.5 Å². The van der Waals surface area contributed by atoms with Crippen LogP contribution >= 0.6 is 0 Å². The molecule has 0 aliphatic carbocycles. The number of ether oxygens (including phenoxy) is 2. The fraction of sp³-hybridized carbons (Fsp3) is 0.273. The van der Waals surface area contributed by atoms with Gasteiger partial charge in [0.25, 0.3) is 0 Å². The zero-order valence-electron chi connectivity index (χ0n) is 16.2. The summed E-state index contributed by atoms with van der Waals surface area (Å²) in [5, 5.41) is 3.01. The van der Waals surface area contributed by atoms with Crippen molar-refractivity contribution in [3.8, 4) is 23.8 Å². The average Bonchev–Trinajstić information content (AvgIpc) is 3.07. The van der Waals surface area contributed by atoms with Crippen LogP contribution in [0.3, 0.4) is 0 Å². The number of imidazole rings is 1. The number of fused-ring (bicyclic) bond motifs is 1. The first-order valence-electron chi connectivity index (χ1n) is 8.96. The predicted octanol–water partition coefficient (Wildman–Crippen LogP) is 3.11. The van der Waals surface area contributed by atoms with E-state index in [4.69, 9.17) is 15.9 Å². The number of hydrogen-bond donors (Lipinski definition) is 1. The quantitative estimate of drug-likeness (QED) is 0.643. The van der Waals surface area contributed by atoms with Gasteiger partial charge in [0, 0.05) is 0 Å². The van der Waals surface area contributed by atoms with Crippen LogP contribution in [0.25, 0.3) is 11.0 Å². The summed E-state index contributed by atoms with van der Waals surface area (Å²) in [4.78, 5) is 17.2. The number of hydrogen-bond acceptors (Lipinski definition) is 4. The van der Waals surface area contributed by atoms with Crippen LogP contribution in [0.1, 0.15) is 24.4 Å². The number of rotatable bonds is 7. The Morgan fingerprint density at radius 1 is 1.21 bits per heavy atom. The summed E-state index contributed by atoms with van der Waals surface area (Å²) in [7, 11) is 3.15. The largest absolute Gasteiger partial charge is 0.493 e. The lowest BCUT2D eigenvalue weighted by Gasteiger charge is -2.15. The molecule has 1 aromatic heterocycles. The zero-order chi connectivity index (χ0) is 20.1. The first kappa shape index (κ1) is 19.3. The molecule has 1 unspecified atom stereocenters. The Morgan fingerprint density at radius 3 is 2.68 bits per heavy atom. The smallest absolute Gasteiger partial charge is 0.224 e. The highest BCUT2D eigenvalue weighted by Gasteiger charge is 2.18. The molecular weight excluding hydrogens is 354 g/mol. The summed E-state index contributed by atoms with van der Waals surface area (Å²) >= 11 is 0. The Hall–Kier alpha value is -3.46. The van der Waals surface area contributed by atoms with Crippen LogP contribution in [0, 0.1) is 12.3 Å². The van der Waals surface area contributed by atoms with E-state index in [0.717, 1.165) is 22.4 Å². The Bertz CT molecular complexity index is 1030. The molecule has 1 heterocycles. The summed E-state index contributed by atoms with van der Waals surface area (Å²) in [6.07, 6.45) is 5.75. The maximum atomic E-state index is 12.6. The zero-order valence-corrected chi connectivity index (χ0v) is 16.2. The van der Waals surface area contributed by atoms with Gasteiger partial charge in [0.05, 0.1) is 44.3 Å². The number of para-hydroxylation sites is 2. The molecule has 2 aromatic carbocycles. The minimum Gasteiger partial charge on any atom is -0.493 e. The van der Waals surface area contributed by atoms with E-state index >= 15 is 0 Å². The molecule has 1 atom stereocenters. The molecular formula is C22H23N3O3. The Kier molecular flexibility index (Phi) is 5.85. The highest BCUT2D eigenvalue weighted by molar-refractivity contribution is 5.80. The van der Waals surface area contributed by atoms with Gasteiger partial charge in [-0.15, -0.1) is 6.42 Å². The molecule has 28 heavy (non-hydrogen) atoms. The second-order valence-corrected chi connectivity index (χ2v) is 6.40. The molecule has 144 valence electrons. The van der Waals surface area contributed by atoms with Crippen LogP contribution in [0.5, 0.6) is 11.5 Å². The Morgan fingerprint density at radius 2 is 1.96 bits per heavy atom. The highest BCUT2D eigenvalue weighted by atomic mass is 16.5. The van der Waals surface area contributed by atoms with E-state index < -0.39 is 0 Å². The van der Waals surface area contributed by atoms with Crippen molar-refractivity contribution in [2.45, 2.75) is 25.9 Å². The molecule has 0 fully saturated rings. The first-order valence-corrected chi connectivity index (χ1v) is 8.96. The maximum Gasteiger partial charge on any atom is 0.224 e. The van der Waals surface area contributed by atoms with Gasteiger partial charge in [-0.3, -0.25) is 4.79 Å². The third kappa shape index (κ3) is 3.94. The van der Waals surface area contributed by atoms with E-state index in [0.29, 0.717) is 18.0 Å². The van der Waals surface area contributed by atoms with Gasteiger partial charge in [-0.2, -0.15) is 0 Å². The van der Waals surface area contributed by atoms with Crippen LogP contribution in [-0.2, 0) is 17.8 Å². The van der Waals surface area contributed by atoms with Gasteiger partial charge >= 0.3 is 0 Å². The standard InChI is InChI=1S/C22H23N3O3/c1-5-12-25-18-9-7-6-8-17(18)24-22(25)15(2)23-21(26)14-16-10-11-19(27-3)20(13-16)28-4/h1,6-11,13,15H,12,14H2,2-4H3,(H,23,26). The van der Waals surface area contributed by atoms with Crippen molar-refractivity contribution in [3.05, 3.63) is 53.9 Å². The second kappa shape index (κ2) is 8.49. The number of aromatic nitrogens is 2. The average molecular weight is 377 g/mol. The molecule has 3 rings (SSSR count). The minimum absolute atomic E-state index is 0.112. The van der Waals surface area contributed by atoms with Crippen molar-refractivity contribution >= 4 is 16.9 Å². The number of benzene rings is 2. The lowest BCUT2D eigenvalue weighted by atomic mass is 10.1. The van der Waals surface area contributed by atoms with Crippen molar-refractivity contribution in [3.63, 3.8) is 0 Å². The van der Waals surface area contributed by atoms with Crippen LogP contribution in [0.2, 0.25) is 0 Å². The normalized spacial score (nSPS) is 11.6. The van der Waals surface area contributed by atoms with E-state index in [1.54, 1.807) is 26.4 Å². The van der Waals surface area contributed by atoms with E-state index in [1.165, 1.54) is 0 Å². The molecule has 0 saturated heterocycles. The summed E-state index contributed by atoms with van der Waals surface area (Å²) < 4.78 is 12.5. The number of methoxy groups -OCH3 is 2. The maximum absolute atomic E-state index is 12.6. The van der Waals surface area contributed by atoms with Crippen molar-refractivity contribution in [1.29, 1.82) is 0 Å². The summed E-state index contributed by atoms with van der Waals surface area (Å²) in [6.45, 7) is 2.30. The Labute approximate surface area is 164 Å². The fourth-order valence-corrected chi connectivity index (χ4v) is 3.22. The first-order chi connectivity index (χ1) is 13.6. The van der Waals surface area contributed by atoms with Gasteiger partial charge < -0.3 is 19.4 Å². The van der Waals surface area contributed by atoms with Crippen molar-refractivity contribution in [1.82, 2.24) is 14.9 Å². The number of nitrogens with one attached hydrogen (secondary N) is 1. The van der Waals surface area contributed by atoms with Gasteiger partial charge in [-0.1, -0.05) is 24.1 Å². The number of carbonyl (C=O) groups excluding carboxylic acids is 1. The Balaban J connectivity index is 1.77. The topological polar surface area (TPSA) is 65.4 Å². The molecule has 6 heteroatoms. The van der Waals surface area contributed by atoms with Gasteiger partial charge in [0.1, 0.15) is 5.82 Å². The van der Waals surface area contributed by atoms with Crippen LogP contribution in [-0.4, -0.2) is 29.7 Å². The molecule has 3 aromatic rings. The molecule has 0 spiro atoms. The molecule has 1 amide bonds. The molecule has 0 aliphatic heterocycles. The number of nitrogens with zero attached hydrogens (tertiary/aromatic N) is 2. The predicted molar refractivity (Wildman–Crippen MR) is 108 cm³/mol. The molecule has 1 N–H and O–H groups in total. The van der Waals surface area contributed by atoms with Crippen molar-refractivity contribution in [2.75, 3.05) is 14.2 Å². The molecule has 0 aliphatic rings. The lowest BCUT2D eigenvalue weighted by molar-refractivity contribution is -0.121. The second-order valence-electron chi connectivity index (χ2n) is 6.40. The molecule has 0 saturated carbocycles. The SMILES string of the molecule is C#CCn1c(C(C)NC(=O)Cc2ccc(OC)c(OC)c2)nc2ccccc21. The van der Waals surface area contributed by atoms with E-state index in [1.807, 2.05) is 41.8 Å². The third-order valence-corrected chi connectivity index (χ3v) is 4.51. The number of terminal acetylenes is 1. The summed E-state index contributed by atoms with van der Waals surface area (Å²) in [6, 6.07) is 12.9. The van der Waals surface area contributed by atoms with Gasteiger partial charge in [-0.05, 0) is 36.8 Å². The lowest BCUT2D eigenvalue weighted by Crippen LogP contribution is -2.30. The van der Waals surface area contributed by atoms with Gasteiger partial charge in [-0.25, -0.2) is 4.98 Å². The molecule has 6 nitrogen and oxygen atoms in total. The highest BCUT2D eigenvalue weighted by Crippen LogP contribution is 2.28. The number of carbonyl (C=O) groups is 1. The van der Waals surface area contributed by atoms with Crippen LogP contribution in [0.4, 0.5) is 0 Å². The summed E-state index contributed by atoms with van der Waals surface area (Å²) in [5.74, 6) is 4.50. The van der Waals surface area contributed by atoms with Gasteiger partial charge in [0.2, 0.25) is 5.91 Å². The van der Waals surface area contributed by atoms with E-state index in [9.17, 15) is 4.79 Å². The molecule has 0 radical (unpaired) electrons. The van der Waals surface area contributed by atoms with Crippen molar-refractivity contribution in [2.24, 2.45) is 0 Å². The number of amides is 1. The minimum atomic E-state index is -0.284. The van der Waals surface area contributed by atoms with Crippen LogP contribution < -0.4 is 14.8 Å². The third-order valence-electron chi connectivity index (χ3n) is 4.51.